The number of hydrogen-bond acceptors (Lipinski definition) is 5. The van der Waals surface area contributed by atoms with E-state index in [1.165, 1.54) is 16.3 Å². The molecule has 0 bridgehead atoms. The Balaban J connectivity index is 1.46. The van der Waals surface area contributed by atoms with Crippen LogP contribution in [-0.4, -0.2) is 29.4 Å². The smallest absolute Gasteiger partial charge is 0.245 e. The van der Waals surface area contributed by atoms with E-state index in [1.807, 2.05) is 43.3 Å². The van der Waals surface area contributed by atoms with E-state index in [9.17, 15) is 8.42 Å². The number of aromatic nitrogens is 2. The normalized spacial score (nSPS) is 19.7. The molecule has 0 N–H and O–H groups in total. The lowest BCUT2D eigenvalue weighted by Crippen LogP contribution is -2.31. The summed E-state index contributed by atoms with van der Waals surface area (Å²) < 4.78 is 34.0. The maximum absolute atomic E-state index is 13.5. The number of rotatable bonds is 4. The first kappa shape index (κ1) is 19.5. The lowest BCUT2D eigenvalue weighted by molar-refractivity contribution is 0.290. The third kappa shape index (κ3) is 3.36. The highest BCUT2D eigenvalue weighted by atomic mass is 32.2. The number of sulfonamides is 1. The summed E-state index contributed by atoms with van der Waals surface area (Å²) in [6, 6.07) is 13.0. The zero-order chi connectivity index (χ0) is 20.7. The van der Waals surface area contributed by atoms with Crippen molar-refractivity contribution in [2.45, 2.75) is 56.4 Å². The summed E-state index contributed by atoms with van der Waals surface area (Å²) in [5, 5.41) is 4.13. The Morgan fingerprint density at radius 3 is 2.67 bits per heavy atom. The Bertz CT molecular complexity index is 1190. The first-order chi connectivity index (χ1) is 14.5. The maximum Gasteiger partial charge on any atom is 0.245 e. The standard InChI is InChI=1S/C23H25N3O3S/c1-16-7-2-5-10-20(16)22-24-23(29-25-22)21-11-6-14-26(21)30(27,28)19-13-12-17-8-3-4-9-18(17)15-19/h2,5,7,10,12-13,15,21H,3-4,6,8-9,11,14H2,1H3/t21-/m1/s1. The van der Waals surface area contributed by atoms with Crippen molar-refractivity contribution >= 4 is 10.0 Å². The van der Waals surface area contributed by atoms with Crippen molar-refractivity contribution in [3.63, 3.8) is 0 Å². The van der Waals surface area contributed by atoms with Crippen LogP contribution in [0.25, 0.3) is 11.4 Å². The fourth-order valence-electron chi connectivity index (χ4n) is 4.58. The Morgan fingerprint density at radius 1 is 1.03 bits per heavy atom. The molecule has 1 aliphatic heterocycles. The molecule has 2 aliphatic rings. The van der Waals surface area contributed by atoms with Crippen molar-refractivity contribution in [2.24, 2.45) is 0 Å². The van der Waals surface area contributed by atoms with Gasteiger partial charge in [-0.25, -0.2) is 8.42 Å². The van der Waals surface area contributed by atoms with Crippen LogP contribution < -0.4 is 0 Å². The van der Waals surface area contributed by atoms with Crippen molar-refractivity contribution in [1.82, 2.24) is 14.4 Å². The van der Waals surface area contributed by atoms with Gasteiger partial charge in [0.25, 0.3) is 0 Å². The van der Waals surface area contributed by atoms with Gasteiger partial charge >= 0.3 is 0 Å². The third-order valence-electron chi connectivity index (χ3n) is 6.24. The molecule has 0 unspecified atom stereocenters. The first-order valence-electron chi connectivity index (χ1n) is 10.6. The van der Waals surface area contributed by atoms with Gasteiger partial charge in [0.15, 0.2) is 0 Å². The lowest BCUT2D eigenvalue weighted by atomic mass is 9.92. The van der Waals surface area contributed by atoms with Gasteiger partial charge in [0, 0.05) is 12.1 Å². The quantitative estimate of drug-likeness (QED) is 0.620. The van der Waals surface area contributed by atoms with Crippen LogP contribution in [0.2, 0.25) is 0 Å². The highest BCUT2D eigenvalue weighted by Crippen LogP contribution is 2.37. The van der Waals surface area contributed by atoms with Crippen LogP contribution in [0, 0.1) is 6.92 Å². The molecule has 0 radical (unpaired) electrons. The van der Waals surface area contributed by atoms with Gasteiger partial charge < -0.3 is 4.52 Å². The summed E-state index contributed by atoms with van der Waals surface area (Å²) in [7, 11) is -3.63. The van der Waals surface area contributed by atoms with E-state index in [0.717, 1.165) is 42.4 Å². The summed E-state index contributed by atoms with van der Waals surface area (Å²) in [5.41, 5.74) is 4.39. The average Bonchev–Trinajstić information content (AvgIpc) is 3.43. The van der Waals surface area contributed by atoms with Gasteiger partial charge in [0.05, 0.1) is 4.90 Å². The molecule has 30 heavy (non-hydrogen) atoms. The molecule has 6 nitrogen and oxygen atoms in total. The molecule has 1 aromatic heterocycles. The summed E-state index contributed by atoms with van der Waals surface area (Å²) >= 11 is 0. The highest BCUT2D eigenvalue weighted by molar-refractivity contribution is 7.89. The Kier molecular flexibility index (Phi) is 4.95. The van der Waals surface area contributed by atoms with Crippen molar-refractivity contribution in [3.05, 3.63) is 65.0 Å². The number of benzene rings is 2. The van der Waals surface area contributed by atoms with Gasteiger partial charge in [-0.1, -0.05) is 35.5 Å². The van der Waals surface area contributed by atoms with E-state index in [-0.39, 0.29) is 0 Å². The van der Waals surface area contributed by atoms with Crippen LogP contribution in [0.1, 0.15) is 54.3 Å². The zero-order valence-corrected chi connectivity index (χ0v) is 17.9. The van der Waals surface area contributed by atoms with Crippen LogP contribution >= 0.6 is 0 Å². The second kappa shape index (κ2) is 7.63. The summed E-state index contributed by atoms with van der Waals surface area (Å²) in [6.45, 7) is 2.46. The molecule has 7 heteroatoms. The maximum atomic E-state index is 13.5. The lowest BCUT2D eigenvalue weighted by Gasteiger charge is -2.23. The molecule has 1 fully saturated rings. The van der Waals surface area contributed by atoms with Crippen molar-refractivity contribution in [2.75, 3.05) is 6.54 Å². The molecule has 2 aromatic carbocycles. The highest BCUT2D eigenvalue weighted by Gasteiger charge is 2.39. The zero-order valence-electron chi connectivity index (χ0n) is 17.0. The molecule has 0 saturated carbocycles. The number of nitrogens with zero attached hydrogens (tertiary/aromatic N) is 3. The molecule has 0 spiro atoms. The molecular formula is C23H25N3O3S. The monoisotopic (exact) mass is 423 g/mol. The summed E-state index contributed by atoms with van der Waals surface area (Å²) in [6.07, 6.45) is 5.73. The van der Waals surface area contributed by atoms with E-state index in [2.05, 4.69) is 10.1 Å². The number of hydrogen-bond donors (Lipinski definition) is 0. The van der Waals surface area contributed by atoms with Gasteiger partial charge in [-0.3, -0.25) is 0 Å². The Labute approximate surface area is 177 Å². The van der Waals surface area contributed by atoms with Crippen molar-refractivity contribution < 1.29 is 12.9 Å². The molecule has 3 aromatic rings. The van der Waals surface area contributed by atoms with Gasteiger partial charge in [0.1, 0.15) is 6.04 Å². The summed E-state index contributed by atoms with van der Waals surface area (Å²) in [5.74, 6) is 0.869. The second-order valence-corrected chi connectivity index (χ2v) is 10.1. The van der Waals surface area contributed by atoms with Crippen LogP contribution in [0.3, 0.4) is 0 Å². The first-order valence-corrected chi connectivity index (χ1v) is 12.0. The van der Waals surface area contributed by atoms with Gasteiger partial charge in [-0.15, -0.1) is 0 Å². The molecule has 1 aliphatic carbocycles. The molecule has 5 rings (SSSR count). The molecule has 1 saturated heterocycles. The fourth-order valence-corrected chi connectivity index (χ4v) is 6.29. The Hall–Kier alpha value is -2.51. The number of fused-ring (bicyclic) bond motifs is 1. The average molecular weight is 424 g/mol. The second-order valence-electron chi connectivity index (χ2n) is 8.18. The largest absolute Gasteiger partial charge is 0.337 e. The van der Waals surface area contributed by atoms with Crippen molar-refractivity contribution in [1.29, 1.82) is 0 Å². The van der Waals surface area contributed by atoms with Crippen LogP contribution in [0.15, 0.2) is 51.9 Å². The molecule has 2 heterocycles. The van der Waals surface area contributed by atoms with Gasteiger partial charge in [0.2, 0.25) is 21.7 Å². The summed E-state index contributed by atoms with van der Waals surface area (Å²) in [4.78, 5) is 4.94. The SMILES string of the molecule is Cc1ccccc1-c1noc([C@H]2CCCN2S(=O)(=O)c2ccc3c(c2)CCCC3)n1. The minimum absolute atomic E-state index is 0.368. The van der Waals surface area contributed by atoms with Crippen LogP contribution in [0.5, 0.6) is 0 Å². The van der Waals surface area contributed by atoms with Crippen LogP contribution in [0.4, 0.5) is 0 Å². The van der Waals surface area contributed by atoms with E-state index in [0.29, 0.717) is 29.6 Å². The van der Waals surface area contributed by atoms with Gasteiger partial charge in [-0.2, -0.15) is 9.29 Å². The molecular weight excluding hydrogens is 398 g/mol. The van der Waals surface area contributed by atoms with E-state index < -0.39 is 16.1 Å². The third-order valence-corrected chi connectivity index (χ3v) is 8.15. The van der Waals surface area contributed by atoms with Crippen molar-refractivity contribution in [3.8, 4) is 11.4 Å². The molecule has 0 amide bonds. The fraction of sp³-hybridized carbons (Fsp3) is 0.391. The van der Waals surface area contributed by atoms with Gasteiger partial charge in [-0.05, 0) is 74.3 Å². The minimum Gasteiger partial charge on any atom is -0.337 e. The Morgan fingerprint density at radius 2 is 1.83 bits per heavy atom. The predicted octanol–water partition coefficient (Wildman–Crippen LogP) is 4.45. The predicted molar refractivity (Wildman–Crippen MR) is 113 cm³/mol. The molecule has 1 atom stereocenters. The molecule has 156 valence electrons. The topological polar surface area (TPSA) is 76.3 Å². The van der Waals surface area contributed by atoms with E-state index >= 15 is 0 Å². The van der Waals surface area contributed by atoms with Crippen LogP contribution in [-0.2, 0) is 22.9 Å². The minimum atomic E-state index is -3.63. The number of aryl methyl sites for hydroxylation is 3. The van der Waals surface area contributed by atoms with E-state index in [1.54, 1.807) is 6.07 Å². The van der Waals surface area contributed by atoms with E-state index in [4.69, 9.17) is 4.52 Å².